The maximum Gasteiger partial charge on any atom is 0.237 e. The fourth-order valence-corrected chi connectivity index (χ4v) is 2.55. The summed E-state index contributed by atoms with van der Waals surface area (Å²) in [6.45, 7) is 3.30. The predicted molar refractivity (Wildman–Crippen MR) is 68.8 cm³/mol. The molecule has 0 saturated carbocycles. The van der Waals surface area contributed by atoms with Gasteiger partial charge in [0.05, 0.1) is 18.4 Å². The highest BCUT2D eigenvalue weighted by atomic mass is 32.2. The first-order chi connectivity index (χ1) is 8.29. The zero-order valence-corrected chi connectivity index (χ0v) is 11.7. The Labute approximate surface area is 108 Å². The Hall–Kier alpha value is -0.660. The Morgan fingerprint density at radius 1 is 1.56 bits per heavy atom. The third kappa shape index (κ3) is 5.32. The van der Waals surface area contributed by atoms with E-state index in [-0.39, 0.29) is 24.1 Å². The molecule has 1 heterocycles. The van der Waals surface area contributed by atoms with E-state index >= 15 is 0 Å². The Morgan fingerprint density at radius 2 is 2.22 bits per heavy atom. The smallest absolute Gasteiger partial charge is 0.237 e. The highest BCUT2D eigenvalue weighted by Gasteiger charge is 2.25. The third-order valence-electron chi connectivity index (χ3n) is 3.18. The van der Waals surface area contributed by atoms with Crippen LogP contribution < -0.4 is 11.1 Å². The van der Waals surface area contributed by atoms with Gasteiger partial charge in [0.25, 0.3) is 0 Å². The standard InChI is InChI=1S/C11H22N2O4S/c1-8(9-3-5-17-7-9)13-11(14)10(12)4-6-18(2,15)16/h8-10H,3-7,12H2,1-2H3,(H,13,14). The third-order valence-corrected chi connectivity index (χ3v) is 4.16. The second kappa shape index (κ2) is 6.49. The second-order valence-corrected chi connectivity index (χ2v) is 7.21. The summed E-state index contributed by atoms with van der Waals surface area (Å²) in [6, 6.07) is -0.770. The summed E-state index contributed by atoms with van der Waals surface area (Å²) in [4.78, 5) is 11.8. The van der Waals surface area contributed by atoms with Gasteiger partial charge in [0.2, 0.25) is 5.91 Å². The van der Waals surface area contributed by atoms with Gasteiger partial charge in [0.15, 0.2) is 0 Å². The molecular weight excluding hydrogens is 256 g/mol. The fourth-order valence-electron chi connectivity index (χ4n) is 1.87. The first-order valence-electron chi connectivity index (χ1n) is 6.11. The maximum absolute atomic E-state index is 11.8. The molecule has 3 atom stereocenters. The van der Waals surface area contributed by atoms with Crippen LogP contribution in [0.1, 0.15) is 19.8 Å². The minimum Gasteiger partial charge on any atom is -0.381 e. The van der Waals surface area contributed by atoms with E-state index in [0.717, 1.165) is 19.3 Å². The first-order valence-corrected chi connectivity index (χ1v) is 8.17. The summed E-state index contributed by atoms with van der Waals surface area (Å²) < 4.78 is 27.2. The Balaban J connectivity index is 2.34. The molecule has 0 spiro atoms. The molecule has 3 unspecified atom stereocenters. The molecule has 106 valence electrons. The van der Waals surface area contributed by atoms with E-state index in [4.69, 9.17) is 10.5 Å². The quantitative estimate of drug-likeness (QED) is 0.669. The van der Waals surface area contributed by atoms with Crippen molar-refractivity contribution in [2.24, 2.45) is 11.7 Å². The largest absolute Gasteiger partial charge is 0.381 e. The van der Waals surface area contributed by atoms with Gasteiger partial charge in [0, 0.05) is 24.8 Å². The van der Waals surface area contributed by atoms with Crippen LogP contribution in [0.4, 0.5) is 0 Å². The van der Waals surface area contributed by atoms with Crippen molar-refractivity contribution in [1.29, 1.82) is 0 Å². The number of carbonyl (C=O) groups excluding carboxylic acids is 1. The molecule has 0 aromatic rings. The highest BCUT2D eigenvalue weighted by Crippen LogP contribution is 2.16. The predicted octanol–water partition coefficient (Wildman–Crippen LogP) is -0.710. The molecule has 1 fully saturated rings. The van der Waals surface area contributed by atoms with Crippen molar-refractivity contribution in [3.8, 4) is 0 Å². The maximum atomic E-state index is 11.8. The van der Waals surface area contributed by atoms with Crippen LogP contribution in [0.3, 0.4) is 0 Å². The van der Waals surface area contributed by atoms with Crippen molar-refractivity contribution < 1.29 is 17.9 Å². The number of nitrogens with two attached hydrogens (primary N) is 1. The summed E-state index contributed by atoms with van der Waals surface area (Å²) in [6.07, 6.45) is 2.22. The zero-order chi connectivity index (χ0) is 13.8. The summed E-state index contributed by atoms with van der Waals surface area (Å²) in [5, 5.41) is 2.82. The van der Waals surface area contributed by atoms with E-state index in [1.54, 1.807) is 0 Å². The van der Waals surface area contributed by atoms with Crippen LogP contribution in [0.5, 0.6) is 0 Å². The molecule has 1 aliphatic rings. The van der Waals surface area contributed by atoms with Crippen molar-refractivity contribution in [3.05, 3.63) is 0 Å². The number of hydrogen-bond donors (Lipinski definition) is 2. The molecule has 18 heavy (non-hydrogen) atoms. The average molecular weight is 278 g/mol. The van der Waals surface area contributed by atoms with E-state index < -0.39 is 15.9 Å². The summed E-state index contributed by atoms with van der Waals surface area (Å²) in [5.41, 5.74) is 5.66. The first kappa shape index (κ1) is 15.4. The van der Waals surface area contributed by atoms with E-state index in [1.165, 1.54) is 0 Å². The van der Waals surface area contributed by atoms with Gasteiger partial charge in [-0.3, -0.25) is 4.79 Å². The van der Waals surface area contributed by atoms with Crippen LogP contribution in [-0.2, 0) is 19.4 Å². The molecule has 1 rings (SSSR count). The fraction of sp³-hybridized carbons (Fsp3) is 0.909. The average Bonchev–Trinajstić information content (AvgIpc) is 2.77. The van der Waals surface area contributed by atoms with Gasteiger partial charge < -0.3 is 15.8 Å². The molecule has 0 aliphatic carbocycles. The molecule has 3 N–H and O–H groups in total. The van der Waals surface area contributed by atoms with Gasteiger partial charge in [0.1, 0.15) is 9.84 Å². The van der Waals surface area contributed by atoms with Crippen LogP contribution in [0.25, 0.3) is 0 Å². The van der Waals surface area contributed by atoms with Crippen LogP contribution in [-0.4, -0.2) is 51.6 Å². The van der Waals surface area contributed by atoms with Crippen LogP contribution >= 0.6 is 0 Å². The summed E-state index contributed by atoms with van der Waals surface area (Å²) in [5.74, 6) is -0.0446. The molecule has 1 saturated heterocycles. The molecule has 0 aromatic heterocycles. The molecule has 1 amide bonds. The highest BCUT2D eigenvalue weighted by molar-refractivity contribution is 7.90. The molecule has 0 aromatic carbocycles. The number of ether oxygens (including phenoxy) is 1. The molecule has 0 radical (unpaired) electrons. The summed E-state index contributed by atoms with van der Waals surface area (Å²) >= 11 is 0. The molecule has 6 nitrogen and oxygen atoms in total. The van der Waals surface area contributed by atoms with E-state index in [0.29, 0.717) is 12.5 Å². The number of nitrogens with one attached hydrogen (secondary N) is 1. The number of carbonyl (C=O) groups is 1. The van der Waals surface area contributed by atoms with Crippen LogP contribution in [0, 0.1) is 5.92 Å². The van der Waals surface area contributed by atoms with Crippen molar-refractivity contribution in [3.63, 3.8) is 0 Å². The lowest BCUT2D eigenvalue weighted by molar-refractivity contribution is -0.123. The van der Waals surface area contributed by atoms with Gasteiger partial charge in [-0.05, 0) is 19.8 Å². The van der Waals surface area contributed by atoms with Crippen molar-refractivity contribution in [1.82, 2.24) is 5.32 Å². The van der Waals surface area contributed by atoms with Crippen molar-refractivity contribution in [2.45, 2.75) is 31.8 Å². The van der Waals surface area contributed by atoms with Gasteiger partial charge in [-0.25, -0.2) is 8.42 Å². The van der Waals surface area contributed by atoms with Gasteiger partial charge in [-0.2, -0.15) is 0 Å². The van der Waals surface area contributed by atoms with Gasteiger partial charge in [-0.15, -0.1) is 0 Å². The van der Waals surface area contributed by atoms with Gasteiger partial charge >= 0.3 is 0 Å². The molecule has 1 aliphatic heterocycles. The minimum atomic E-state index is -3.08. The Bertz CT molecular complexity index is 377. The van der Waals surface area contributed by atoms with Crippen molar-refractivity contribution >= 4 is 15.7 Å². The number of sulfone groups is 1. The minimum absolute atomic E-state index is 0.00397. The Morgan fingerprint density at radius 3 is 2.72 bits per heavy atom. The van der Waals surface area contributed by atoms with Crippen LogP contribution in [0.2, 0.25) is 0 Å². The molecule has 7 heteroatoms. The SMILES string of the molecule is CC(NC(=O)C(N)CCS(C)(=O)=O)C1CCOC1. The number of hydrogen-bond acceptors (Lipinski definition) is 5. The second-order valence-electron chi connectivity index (χ2n) is 4.95. The van der Waals surface area contributed by atoms with Crippen LogP contribution in [0.15, 0.2) is 0 Å². The molecule has 0 bridgehead atoms. The Kier molecular flexibility index (Phi) is 5.55. The van der Waals surface area contributed by atoms with Crippen molar-refractivity contribution in [2.75, 3.05) is 25.2 Å². The monoisotopic (exact) mass is 278 g/mol. The molecular formula is C11H22N2O4S. The zero-order valence-electron chi connectivity index (χ0n) is 10.9. The van der Waals surface area contributed by atoms with E-state index in [2.05, 4.69) is 5.32 Å². The van der Waals surface area contributed by atoms with E-state index in [9.17, 15) is 13.2 Å². The number of amides is 1. The normalized spacial score (nSPS) is 23.6. The number of rotatable bonds is 6. The lowest BCUT2D eigenvalue weighted by Crippen LogP contribution is -2.47. The van der Waals surface area contributed by atoms with E-state index in [1.807, 2.05) is 6.92 Å². The summed E-state index contributed by atoms with van der Waals surface area (Å²) in [7, 11) is -3.08. The lowest BCUT2D eigenvalue weighted by atomic mass is 10.0. The lowest BCUT2D eigenvalue weighted by Gasteiger charge is -2.21. The topological polar surface area (TPSA) is 98.5 Å². The van der Waals surface area contributed by atoms with Gasteiger partial charge in [-0.1, -0.05) is 0 Å².